The molecule has 1 heterocycles. The molecule has 2 aromatic carbocycles. The molecule has 0 aliphatic carbocycles. The molecule has 3 amide bonds. The number of rotatable bonds is 7. The van der Waals surface area contributed by atoms with Crippen LogP contribution in [0, 0.1) is 11.6 Å². The number of benzene rings is 2. The molecule has 31 heavy (non-hydrogen) atoms. The van der Waals surface area contributed by atoms with Gasteiger partial charge in [-0.1, -0.05) is 12.1 Å². The van der Waals surface area contributed by atoms with Crippen LogP contribution in [0.2, 0.25) is 0 Å². The molecule has 0 radical (unpaired) electrons. The highest BCUT2D eigenvalue weighted by Crippen LogP contribution is 2.10. The zero-order chi connectivity index (χ0) is 22.2. The van der Waals surface area contributed by atoms with Crippen molar-refractivity contribution >= 4 is 17.7 Å². The lowest BCUT2D eigenvalue weighted by atomic mass is 10.1. The molecule has 6 nitrogen and oxygen atoms in total. The summed E-state index contributed by atoms with van der Waals surface area (Å²) >= 11 is 0. The summed E-state index contributed by atoms with van der Waals surface area (Å²) < 4.78 is 25.9. The first-order chi connectivity index (χ1) is 14.9. The van der Waals surface area contributed by atoms with Crippen LogP contribution in [0.5, 0.6) is 0 Å². The van der Waals surface area contributed by atoms with Crippen LogP contribution >= 0.6 is 0 Å². The van der Waals surface area contributed by atoms with Gasteiger partial charge in [-0.15, -0.1) is 0 Å². The molecular weight excluding hydrogens is 404 g/mol. The second-order valence-electron chi connectivity index (χ2n) is 7.43. The van der Waals surface area contributed by atoms with Crippen molar-refractivity contribution in [2.45, 2.75) is 19.3 Å². The van der Waals surface area contributed by atoms with E-state index >= 15 is 0 Å². The monoisotopic (exact) mass is 429 g/mol. The average Bonchev–Trinajstić information content (AvgIpc) is 2.78. The van der Waals surface area contributed by atoms with Crippen LogP contribution in [-0.4, -0.2) is 60.2 Å². The Labute approximate surface area is 179 Å². The summed E-state index contributed by atoms with van der Waals surface area (Å²) in [6.07, 6.45) is 1.00. The number of piperazine rings is 1. The summed E-state index contributed by atoms with van der Waals surface area (Å²) in [5.74, 6) is -1.10. The highest BCUT2D eigenvalue weighted by molar-refractivity contribution is 5.94. The van der Waals surface area contributed by atoms with Gasteiger partial charge in [0.1, 0.15) is 11.6 Å². The van der Waals surface area contributed by atoms with Gasteiger partial charge in [-0.3, -0.25) is 14.4 Å². The molecule has 0 aromatic heterocycles. The van der Waals surface area contributed by atoms with Crippen LogP contribution in [0.1, 0.15) is 28.8 Å². The first-order valence-corrected chi connectivity index (χ1v) is 10.3. The maximum absolute atomic E-state index is 13.0. The van der Waals surface area contributed by atoms with Gasteiger partial charge in [0.2, 0.25) is 11.8 Å². The summed E-state index contributed by atoms with van der Waals surface area (Å²) in [5, 5.41) is 2.72. The molecule has 1 aliphatic heterocycles. The van der Waals surface area contributed by atoms with E-state index in [1.807, 2.05) is 0 Å². The van der Waals surface area contributed by atoms with Gasteiger partial charge < -0.3 is 15.1 Å². The predicted molar refractivity (Wildman–Crippen MR) is 111 cm³/mol. The Kier molecular flexibility index (Phi) is 7.70. The van der Waals surface area contributed by atoms with Gasteiger partial charge >= 0.3 is 0 Å². The minimum atomic E-state index is -0.403. The molecule has 0 spiro atoms. The Morgan fingerprint density at radius 1 is 0.774 bits per heavy atom. The highest BCUT2D eigenvalue weighted by Gasteiger charge is 2.23. The third kappa shape index (κ3) is 6.60. The quantitative estimate of drug-likeness (QED) is 0.688. The normalized spacial score (nSPS) is 13.7. The topological polar surface area (TPSA) is 69.7 Å². The molecule has 0 bridgehead atoms. The molecule has 1 N–H and O–H groups in total. The number of hydrogen-bond acceptors (Lipinski definition) is 3. The maximum atomic E-state index is 13.0. The fourth-order valence-electron chi connectivity index (χ4n) is 3.40. The molecule has 0 saturated carbocycles. The van der Waals surface area contributed by atoms with Crippen molar-refractivity contribution < 1.29 is 23.2 Å². The van der Waals surface area contributed by atoms with E-state index < -0.39 is 5.82 Å². The summed E-state index contributed by atoms with van der Waals surface area (Å²) in [5.41, 5.74) is 1.13. The number of carbonyl (C=O) groups is 3. The third-order valence-corrected chi connectivity index (χ3v) is 5.21. The van der Waals surface area contributed by atoms with Crippen molar-refractivity contribution in [1.82, 2.24) is 15.1 Å². The largest absolute Gasteiger partial charge is 0.352 e. The lowest BCUT2D eigenvalue weighted by molar-refractivity contribution is -0.139. The molecule has 1 aliphatic rings. The van der Waals surface area contributed by atoms with E-state index in [1.165, 1.54) is 36.4 Å². The smallest absolute Gasteiger partial charge is 0.251 e. The van der Waals surface area contributed by atoms with Crippen LogP contribution in [0.25, 0.3) is 0 Å². The second-order valence-corrected chi connectivity index (χ2v) is 7.43. The molecule has 0 unspecified atom stereocenters. The van der Waals surface area contributed by atoms with Gasteiger partial charge in [-0.25, -0.2) is 8.78 Å². The van der Waals surface area contributed by atoms with Crippen molar-refractivity contribution in [3.05, 3.63) is 71.3 Å². The van der Waals surface area contributed by atoms with E-state index in [0.717, 1.165) is 5.56 Å². The van der Waals surface area contributed by atoms with Gasteiger partial charge in [0.05, 0.1) is 6.42 Å². The second kappa shape index (κ2) is 10.7. The lowest BCUT2D eigenvalue weighted by Gasteiger charge is -2.35. The number of nitrogens with one attached hydrogen (secondary N) is 1. The van der Waals surface area contributed by atoms with E-state index in [-0.39, 0.29) is 30.0 Å². The molecule has 1 fully saturated rings. The minimum Gasteiger partial charge on any atom is -0.352 e. The Balaban J connectivity index is 1.34. The fourth-order valence-corrected chi connectivity index (χ4v) is 3.40. The van der Waals surface area contributed by atoms with Gasteiger partial charge in [-0.2, -0.15) is 0 Å². The van der Waals surface area contributed by atoms with Gasteiger partial charge in [0, 0.05) is 44.7 Å². The van der Waals surface area contributed by atoms with Crippen LogP contribution in [0.3, 0.4) is 0 Å². The minimum absolute atomic E-state index is 0.0123. The van der Waals surface area contributed by atoms with Gasteiger partial charge in [0.25, 0.3) is 5.91 Å². The average molecular weight is 429 g/mol. The number of carbonyl (C=O) groups excluding carboxylic acids is 3. The van der Waals surface area contributed by atoms with Crippen LogP contribution in [0.15, 0.2) is 48.5 Å². The number of nitrogens with zero attached hydrogens (tertiary/aromatic N) is 2. The molecule has 164 valence electrons. The predicted octanol–water partition coefficient (Wildman–Crippen LogP) is 2.39. The molecule has 2 aromatic rings. The molecule has 3 rings (SSSR count). The molecule has 1 saturated heterocycles. The van der Waals surface area contributed by atoms with E-state index in [9.17, 15) is 23.2 Å². The first-order valence-electron chi connectivity index (χ1n) is 10.3. The third-order valence-electron chi connectivity index (χ3n) is 5.21. The summed E-state index contributed by atoms with van der Waals surface area (Å²) in [7, 11) is 0. The van der Waals surface area contributed by atoms with Crippen LogP contribution in [0.4, 0.5) is 8.78 Å². The summed E-state index contributed by atoms with van der Waals surface area (Å²) in [4.78, 5) is 40.2. The van der Waals surface area contributed by atoms with Gasteiger partial charge in [-0.05, 0) is 48.4 Å². The number of hydrogen-bond donors (Lipinski definition) is 1. The maximum Gasteiger partial charge on any atom is 0.251 e. The highest BCUT2D eigenvalue weighted by atomic mass is 19.1. The van der Waals surface area contributed by atoms with Crippen molar-refractivity contribution in [2.24, 2.45) is 0 Å². The van der Waals surface area contributed by atoms with Crippen LogP contribution in [-0.2, 0) is 16.0 Å². The van der Waals surface area contributed by atoms with Crippen LogP contribution < -0.4 is 5.32 Å². The Hall–Kier alpha value is -3.29. The Morgan fingerprint density at radius 2 is 1.29 bits per heavy atom. The van der Waals surface area contributed by atoms with Crippen molar-refractivity contribution in [1.29, 1.82) is 0 Å². The molecule has 0 atom stereocenters. The summed E-state index contributed by atoms with van der Waals surface area (Å²) in [6.45, 7) is 2.21. The zero-order valence-electron chi connectivity index (χ0n) is 17.2. The van der Waals surface area contributed by atoms with Crippen molar-refractivity contribution in [3.8, 4) is 0 Å². The molecular formula is C23H25F2N3O3. The summed E-state index contributed by atoms with van der Waals surface area (Å²) in [6, 6.07) is 11.1. The van der Waals surface area contributed by atoms with E-state index in [0.29, 0.717) is 51.1 Å². The van der Waals surface area contributed by atoms with Gasteiger partial charge in [0.15, 0.2) is 0 Å². The SMILES string of the molecule is O=C(NCCCC(=O)N1CCN(C(=O)Cc2ccc(F)cc2)CC1)c1ccc(F)cc1. The zero-order valence-corrected chi connectivity index (χ0v) is 17.2. The van der Waals surface area contributed by atoms with E-state index in [2.05, 4.69) is 5.32 Å². The van der Waals surface area contributed by atoms with E-state index in [1.54, 1.807) is 21.9 Å². The van der Waals surface area contributed by atoms with E-state index in [4.69, 9.17) is 0 Å². The Bertz CT molecular complexity index is 909. The fraction of sp³-hybridized carbons (Fsp3) is 0.348. The van der Waals surface area contributed by atoms with Crippen molar-refractivity contribution in [2.75, 3.05) is 32.7 Å². The number of amides is 3. The van der Waals surface area contributed by atoms with Crippen molar-refractivity contribution in [3.63, 3.8) is 0 Å². The molecule has 8 heteroatoms. The Morgan fingerprint density at radius 3 is 1.87 bits per heavy atom. The lowest BCUT2D eigenvalue weighted by Crippen LogP contribution is -2.51. The standard InChI is InChI=1S/C23H25F2N3O3/c24-19-7-3-17(4-8-19)16-22(30)28-14-12-27(13-15-28)21(29)2-1-11-26-23(31)18-5-9-20(25)10-6-18/h3-10H,1-2,11-16H2,(H,26,31). The first kappa shape index (κ1) is 22.4. The number of halogens is 2.